The van der Waals surface area contributed by atoms with E-state index in [1.807, 2.05) is 18.2 Å². The molecule has 10 nitrogen and oxygen atoms in total. The van der Waals surface area contributed by atoms with Crippen LogP contribution in [0, 0.1) is 11.3 Å². The largest absolute Gasteiger partial charge is 0.465 e. The van der Waals surface area contributed by atoms with Gasteiger partial charge in [0.15, 0.2) is 0 Å². The lowest BCUT2D eigenvalue weighted by molar-refractivity contribution is -0.143. The number of hydrogen-bond donors (Lipinski definition) is 2. The Morgan fingerprint density at radius 1 is 1.15 bits per heavy atom. The zero-order valence-electron chi connectivity index (χ0n) is 20.8. The van der Waals surface area contributed by atoms with Gasteiger partial charge >= 0.3 is 5.97 Å². The Morgan fingerprint density at radius 3 is 2.64 bits per heavy atom. The topological polar surface area (TPSA) is 142 Å². The Kier molecular flexibility index (Phi) is 7.33. The number of nitriles is 1. The Hall–Kier alpha value is -4.63. The van der Waals surface area contributed by atoms with Crippen molar-refractivity contribution in [1.82, 2.24) is 14.5 Å². The van der Waals surface area contributed by atoms with Gasteiger partial charge in [-0.15, -0.1) is 0 Å². The summed E-state index contributed by atoms with van der Waals surface area (Å²) in [4.78, 5) is 21.5. The van der Waals surface area contributed by atoms with E-state index in [4.69, 9.17) is 10.00 Å². The molecule has 2 heterocycles. The molecule has 11 heteroatoms. The summed E-state index contributed by atoms with van der Waals surface area (Å²) in [6.07, 6.45) is 0.398. The molecule has 2 aromatic heterocycles. The third kappa shape index (κ3) is 5.08. The number of anilines is 2. The second kappa shape index (κ2) is 11.0. The summed E-state index contributed by atoms with van der Waals surface area (Å²) < 4.78 is 30.8. The first-order chi connectivity index (χ1) is 18.9. The van der Waals surface area contributed by atoms with Crippen LogP contribution in [0.3, 0.4) is 0 Å². The van der Waals surface area contributed by atoms with E-state index in [0.717, 1.165) is 5.39 Å². The van der Waals surface area contributed by atoms with Crippen LogP contribution >= 0.6 is 0 Å². The van der Waals surface area contributed by atoms with Crippen LogP contribution < -0.4 is 4.31 Å². The van der Waals surface area contributed by atoms with Crippen molar-refractivity contribution >= 4 is 50.5 Å². The second-order valence-electron chi connectivity index (χ2n) is 8.55. The lowest BCUT2D eigenvalue weighted by atomic mass is 10.1. The number of aliphatic hydroxyl groups excluding tert-OH is 1. The van der Waals surface area contributed by atoms with E-state index in [0.29, 0.717) is 39.1 Å². The number of carbonyl (C=O) groups is 1. The van der Waals surface area contributed by atoms with Crippen molar-refractivity contribution in [2.45, 2.75) is 19.6 Å². The molecular weight excluding hydrogens is 518 g/mol. The number of para-hydroxylation sites is 1. The number of esters is 1. The van der Waals surface area contributed by atoms with Crippen LogP contribution in [0.2, 0.25) is 0 Å². The lowest BCUT2D eigenvalue weighted by Crippen LogP contribution is -2.20. The van der Waals surface area contributed by atoms with E-state index in [1.165, 1.54) is 4.31 Å². The molecule has 2 N–H and O–H groups in total. The molecule has 0 saturated carbocycles. The molecule has 196 valence electrons. The van der Waals surface area contributed by atoms with Gasteiger partial charge in [-0.25, -0.2) is 13.5 Å². The van der Waals surface area contributed by atoms with Crippen molar-refractivity contribution in [3.8, 4) is 6.07 Å². The summed E-state index contributed by atoms with van der Waals surface area (Å²) >= 11 is -2.45. The molecule has 3 aromatic carbocycles. The Labute approximate surface area is 226 Å². The molecule has 39 heavy (non-hydrogen) atoms. The van der Waals surface area contributed by atoms with Crippen LogP contribution in [0.4, 0.5) is 11.4 Å². The normalized spacial score (nSPS) is 12.7. The fraction of sp³-hybridized carbons (Fsp3) is 0.143. The smallest absolute Gasteiger partial charge is 0.326 e. The van der Waals surface area contributed by atoms with Gasteiger partial charge in [0, 0.05) is 11.6 Å². The molecule has 2 unspecified atom stereocenters. The van der Waals surface area contributed by atoms with Crippen molar-refractivity contribution < 1.29 is 23.4 Å². The Bertz CT molecular complexity index is 1740. The average molecular weight is 542 g/mol. The highest BCUT2D eigenvalue weighted by Gasteiger charge is 2.24. The highest BCUT2D eigenvalue weighted by molar-refractivity contribution is 7.81. The van der Waals surface area contributed by atoms with Gasteiger partial charge in [-0.3, -0.25) is 14.3 Å². The standard InChI is InChI=1S/C28H23N5O5S/c1-2-38-25(34)17-32-23-13-12-21(33(39(36)37)24-7-3-5-19-6-4-14-30-26(19)24)15-22(23)31-28(32)27(35)20-10-8-18(16-29)9-11-20/h3-15,27,35H,2,17H2,1H3,(H,36,37). The minimum atomic E-state index is -2.45. The van der Waals surface area contributed by atoms with Crippen LogP contribution in [0.5, 0.6) is 0 Å². The summed E-state index contributed by atoms with van der Waals surface area (Å²) in [7, 11) is 0. The van der Waals surface area contributed by atoms with Crippen LogP contribution in [-0.2, 0) is 27.3 Å². The summed E-state index contributed by atoms with van der Waals surface area (Å²) in [5, 5.41) is 21.1. The fourth-order valence-corrected chi connectivity index (χ4v) is 5.04. The molecule has 0 bridgehead atoms. The molecule has 0 amide bonds. The number of carbonyl (C=O) groups excluding carboxylic acids is 1. The third-order valence-corrected chi connectivity index (χ3v) is 6.89. The molecule has 0 fully saturated rings. The molecule has 0 spiro atoms. The maximum Gasteiger partial charge on any atom is 0.326 e. The SMILES string of the molecule is CCOC(=O)Cn1c(C(O)c2ccc(C#N)cc2)nc2cc(N(c3cccc4cccnc34)S(=O)O)ccc21. The van der Waals surface area contributed by atoms with Crippen molar-refractivity contribution in [3.63, 3.8) is 0 Å². The first kappa shape index (κ1) is 26.0. The minimum Gasteiger partial charge on any atom is -0.465 e. The minimum absolute atomic E-state index is 0.184. The first-order valence-corrected chi connectivity index (χ1v) is 13.1. The van der Waals surface area contributed by atoms with E-state index in [1.54, 1.807) is 78.4 Å². The van der Waals surface area contributed by atoms with Gasteiger partial charge in [-0.1, -0.05) is 30.3 Å². The molecule has 0 aliphatic heterocycles. The highest BCUT2D eigenvalue weighted by atomic mass is 32.2. The van der Waals surface area contributed by atoms with Crippen LogP contribution in [0.1, 0.15) is 30.0 Å². The van der Waals surface area contributed by atoms with Crippen LogP contribution in [0.25, 0.3) is 21.9 Å². The summed E-state index contributed by atoms with van der Waals surface area (Å²) in [6, 6.07) is 22.4. The maximum absolute atomic E-state index is 12.6. The van der Waals surface area contributed by atoms with Crippen molar-refractivity contribution in [2.75, 3.05) is 10.9 Å². The Balaban J connectivity index is 1.64. The van der Waals surface area contributed by atoms with Gasteiger partial charge in [0.2, 0.25) is 0 Å². The molecule has 2 atom stereocenters. The molecule has 0 aliphatic rings. The van der Waals surface area contributed by atoms with E-state index >= 15 is 0 Å². The summed E-state index contributed by atoms with van der Waals surface area (Å²) in [5.41, 5.74) is 3.17. The number of benzene rings is 3. The number of aliphatic hydroxyl groups is 1. The summed E-state index contributed by atoms with van der Waals surface area (Å²) in [6.45, 7) is 1.70. The third-order valence-electron chi connectivity index (χ3n) is 6.17. The van der Waals surface area contributed by atoms with Crippen LogP contribution in [0.15, 0.2) is 79.0 Å². The van der Waals surface area contributed by atoms with Gasteiger partial charge in [-0.2, -0.15) is 5.26 Å². The highest BCUT2D eigenvalue weighted by Crippen LogP contribution is 2.35. The van der Waals surface area contributed by atoms with E-state index in [9.17, 15) is 18.7 Å². The average Bonchev–Trinajstić information content (AvgIpc) is 3.30. The molecule has 0 saturated heterocycles. The molecule has 5 rings (SSSR count). The van der Waals surface area contributed by atoms with Crippen LogP contribution in [-0.4, -0.2) is 41.0 Å². The van der Waals surface area contributed by atoms with Gasteiger partial charge < -0.3 is 14.4 Å². The van der Waals surface area contributed by atoms with Gasteiger partial charge in [0.05, 0.1) is 46.2 Å². The second-order valence-corrected chi connectivity index (χ2v) is 9.37. The number of aromatic nitrogens is 3. The van der Waals surface area contributed by atoms with Crippen molar-refractivity contribution in [2.24, 2.45) is 0 Å². The summed E-state index contributed by atoms with van der Waals surface area (Å²) in [5.74, 6) is -0.322. The number of imidazole rings is 1. The zero-order chi connectivity index (χ0) is 27.5. The van der Waals surface area contributed by atoms with Crippen molar-refractivity contribution in [3.05, 3.63) is 95.9 Å². The van der Waals surface area contributed by atoms with E-state index < -0.39 is 23.3 Å². The van der Waals surface area contributed by atoms with Crippen molar-refractivity contribution in [1.29, 1.82) is 5.26 Å². The van der Waals surface area contributed by atoms with Gasteiger partial charge in [0.25, 0.3) is 11.3 Å². The fourth-order valence-electron chi connectivity index (χ4n) is 4.43. The Morgan fingerprint density at radius 2 is 1.92 bits per heavy atom. The number of ether oxygens (including phenoxy) is 1. The first-order valence-electron chi connectivity index (χ1n) is 12.0. The maximum atomic E-state index is 12.6. The molecule has 0 aliphatic carbocycles. The zero-order valence-corrected chi connectivity index (χ0v) is 21.6. The van der Waals surface area contributed by atoms with Gasteiger partial charge in [0.1, 0.15) is 18.5 Å². The number of pyridine rings is 1. The number of rotatable bonds is 8. The van der Waals surface area contributed by atoms with Gasteiger partial charge in [-0.05, 0) is 55.0 Å². The molecule has 0 radical (unpaired) electrons. The number of hydrogen-bond acceptors (Lipinski definition) is 7. The number of nitrogens with zero attached hydrogens (tertiary/aromatic N) is 5. The molecular formula is C28H23N5O5S. The lowest BCUT2D eigenvalue weighted by Gasteiger charge is -2.21. The van der Waals surface area contributed by atoms with E-state index in [2.05, 4.69) is 9.97 Å². The number of fused-ring (bicyclic) bond motifs is 2. The molecule has 5 aromatic rings. The monoisotopic (exact) mass is 541 g/mol. The quantitative estimate of drug-likeness (QED) is 0.218. The predicted octanol–water partition coefficient (Wildman–Crippen LogP) is 4.38. The predicted molar refractivity (Wildman–Crippen MR) is 146 cm³/mol. The van der Waals surface area contributed by atoms with E-state index in [-0.39, 0.29) is 19.0 Å².